The first-order valence-electron chi connectivity index (χ1n) is 14.8. The van der Waals surface area contributed by atoms with Gasteiger partial charge in [-0.1, -0.05) is 53.4 Å². The lowest BCUT2D eigenvalue weighted by Crippen LogP contribution is -2.33. The van der Waals surface area contributed by atoms with E-state index >= 15 is 0 Å². The molecular weight excluding hydrogens is 677 g/mol. The summed E-state index contributed by atoms with van der Waals surface area (Å²) in [5.74, 6) is 0. The Morgan fingerprint density at radius 2 is 1.37 bits per heavy atom. The number of aryl methyl sites for hydroxylation is 1. The Morgan fingerprint density at radius 3 is 1.91 bits per heavy atom. The molecule has 8 atom stereocenters. The molecule has 2 fully saturated rings. The molecule has 3 rings (SSSR count). The second-order valence-corrected chi connectivity index (χ2v) is 14.5. The van der Waals surface area contributed by atoms with Crippen molar-refractivity contribution >= 4 is 23.5 Å². The molecule has 0 saturated carbocycles. The van der Waals surface area contributed by atoms with Crippen LogP contribution in [0.4, 0.5) is 0 Å². The first-order chi connectivity index (χ1) is 21.5. The van der Waals surface area contributed by atoms with Gasteiger partial charge in [0, 0.05) is 45.4 Å². The summed E-state index contributed by atoms with van der Waals surface area (Å²) < 4.78 is 75.5. The Kier molecular flexibility index (Phi) is 19.1. The fourth-order valence-electron chi connectivity index (χ4n) is 3.62. The minimum atomic E-state index is -5.16. The fraction of sp³-hybridized carbons (Fsp3) is 0.840. The Morgan fingerprint density at radius 1 is 0.848 bits per heavy atom. The minimum absolute atomic E-state index is 0.0616. The van der Waals surface area contributed by atoms with E-state index in [2.05, 4.69) is 46.3 Å². The third-order valence-electron chi connectivity index (χ3n) is 6.56. The molecule has 1 N–H and O–H groups in total. The standard InChI is InChI=1S/C17H29N2O16P3.2C4H10/c1-10-7-19(17(21)18-16(10)20)15-6-12(14(33-15)9-31-36(22,23)28-2)35-38(26,27)32-8-13-11(4-5-30-13)34-37(24,25)29-3;2*1-3-4-2/h7,11-15H,4-6,8-9H2,1-3H3,(H,22,23)(H,24,25)(H,26,27)(H,18,20,21);2*3-4H2,1-2H3/p-3/t11?,12?,13-,14-,15-;;/m1../s1. The topological polar surface area (TPSA) is 249 Å². The first-order valence-corrected chi connectivity index (χ1v) is 19.2. The Balaban J connectivity index is 0.00000118. The van der Waals surface area contributed by atoms with E-state index in [0.717, 1.165) is 18.8 Å². The predicted molar refractivity (Wildman–Crippen MR) is 159 cm³/mol. The molecule has 270 valence electrons. The largest absolute Gasteiger partial charge is 0.756 e. The number of unbranched alkanes of at least 4 members (excludes halogenated alkanes) is 2. The average Bonchev–Trinajstić information content (AvgIpc) is 3.62. The highest BCUT2D eigenvalue weighted by molar-refractivity contribution is 7.46. The van der Waals surface area contributed by atoms with Gasteiger partial charge in [-0.25, -0.2) is 4.79 Å². The fourth-order valence-corrected chi connectivity index (χ4v) is 5.66. The molecule has 0 spiro atoms. The maximum atomic E-state index is 12.6. The van der Waals surface area contributed by atoms with Crippen LogP contribution in [-0.2, 0) is 50.3 Å². The van der Waals surface area contributed by atoms with Gasteiger partial charge < -0.3 is 51.3 Å². The normalized spacial score (nSPS) is 26.5. The molecule has 3 heterocycles. The highest BCUT2D eigenvalue weighted by atomic mass is 31.2. The van der Waals surface area contributed by atoms with Gasteiger partial charge in [0.2, 0.25) is 0 Å². The molecule has 2 aliphatic rings. The molecule has 5 unspecified atom stereocenters. The molecule has 0 aromatic carbocycles. The number of aromatic amines is 1. The molecule has 1 aromatic heterocycles. The summed E-state index contributed by atoms with van der Waals surface area (Å²) in [6, 6.07) is 0. The van der Waals surface area contributed by atoms with Crippen LogP contribution in [0.3, 0.4) is 0 Å². The van der Waals surface area contributed by atoms with Gasteiger partial charge in [-0.05, 0) is 6.92 Å². The van der Waals surface area contributed by atoms with Gasteiger partial charge in [0.15, 0.2) is 0 Å². The summed E-state index contributed by atoms with van der Waals surface area (Å²) in [7, 11) is -12.8. The molecule has 1 aromatic rings. The van der Waals surface area contributed by atoms with Crippen LogP contribution in [0, 0.1) is 6.92 Å². The second-order valence-electron chi connectivity index (χ2n) is 10.1. The molecule has 46 heavy (non-hydrogen) atoms. The van der Waals surface area contributed by atoms with Crippen molar-refractivity contribution in [2.24, 2.45) is 0 Å². The number of rotatable bonds is 15. The van der Waals surface area contributed by atoms with E-state index in [9.17, 15) is 38.0 Å². The minimum Gasteiger partial charge on any atom is -0.756 e. The summed E-state index contributed by atoms with van der Waals surface area (Å²) in [4.78, 5) is 61.8. The lowest BCUT2D eigenvalue weighted by molar-refractivity contribution is -0.236. The van der Waals surface area contributed by atoms with E-state index < -0.39 is 78.6 Å². The van der Waals surface area contributed by atoms with Crippen LogP contribution in [0.2, 0.25) is 0 Å². The van der Waals surface area contributed by atoms with Crippen LogP contribution in [0.15, 0.2) is 15.8 Å². The van der Waals surface area contributed by atoms with Crippen molar-refractivity contribution in [3.63, 3.8) is 0 Å². The first kappa shape index (κ1) is 43.0. The van der Waals surface area contributed by atoms with Gasteiger partial charge in [0.1, 0.15) is 18.4 Å². The van der Waals surface area contributed by atoms with E-state index in [1.807, 2.05) is 0 Å². The zero-order chi connectivity index (χ0) is 35.1. The molecule has 18 nitrogen and oxygen atoms in total. The lowest BCUT2D eigenvalue weighted by Gasteiger charge is -2.31. The summed E-state index contributed by atoms with van der Waals surface area (Å²) in [5, 5.41) is 0. The molecule has 0 aliphatic carbocycles. The van der Waals surface area contributed by atoms with Gasteiger partial charge in [0.25, 0.3) is 29.0 Å². The van der Waals surface area contributed by atoms with Crippen molar-refractivity contribution in [1.82, 2.24) is 9.55 Å². The highest BCUT2D eigenvalue weighted by Crippen LogP contribution is 2.47. The van der Waals surface area contributed by atoms with E-state index in [-0.39, 0.29) is 25.0 Å². The molecular formula is C25H46N2O16P3-3. The molecule has 0 amide bonds. The molecule has 0 radical (unpaired) electrons. The number of hydrogen-bond acceptors (Lipinski definition) is 16. The average molecular weight is 724 g/mol. The van der Waals surface area contributed by atoms with E-state index in [4.69, 9.17) is 23.0 Å². The van der Waals surface area contributed by atoms with Crippen molar-refractivity contribution in [3.05, 3.63) is 32.6 Å². The monoisotopic (exact) mass is 723 g/mol. The van der Waals surface area contributed by atoms with Crippen LogP contribution in [0.5, 0.6) is 0 Å². The van der Waals surface area contributed by atoms with Crippen molar-refractivity contribution in [3.8, 4) is 0 Å². The maximum absolute atomic E-state index is 12.6. The van der Waals surface area contributed by atoms with E-state index in [1.54, 1.807) is 0 Å². The van der Waals surface area contributed by atoms with Gasteiger partial charge >= 0.3 is 5.69 Å². The van der Waals surface area contributed by atoms with Gasteiger partial charge in [-0.3, -0.25) is 28.0 Å². The quantitative estimate of drug-likeness (QED) is 0.254. The second kappa shape index (κ2) is 20.4. The molecule has 0 bridgehead atoms. The molecule has 21 heteroatoms. The number of aromatic nitrogens is 2. The lowest BCUT2D eigenvalue weighted by atomic mass is 10.2. The maximum Gasteiger partial charge on any atom is 0.330 e. The Labute approximate surface area is 268 Å². The van der Waals surface area contributed by atoms with Crippen molar-refractivity contribution in [2.45, 2.75) is 104 Å². The number of H-pyrrole nitrogens is 1. The number of nitrogens with one attached hydrogen (secondary N) is 1. The van der Waals surface area contributed by atoms with Crippen LogP contribution < -0.4 is 25.9 Å². The van der Waals surface area contributed by atoms with E-state index in [0.29, 0.717) is 0 Å². The predicted octanol–water partition coefficient (Wildman–Crippen LogP) is 2.04. The van der Waals surface area contributed by atoms with Gasteiger partial charge in [0.05, 0.1) is 25.4 Å². The van der Waals surface area contributed by atoms with Crippen molar-refractivity contribution in [1.29, 1.82) is 0 Å². The number of nitrogens with zero attached hydrogens (tertiary/aromatic N) is 1. The number of phosphoric acid groups is 3. The van der Waals surface area contributed by atoms with Crippen LogP contribution in [-0.4, -0.2) is 68.0 Å². The SMILES string of the molecule is CCCC.CCCC.COP(=O)([O-])OC[C@H]1O[C@@H](n2cc(C)c(=O)[nH]c2=O)CC1OP(=O)([O-])OC[C@H]1OCCC1OP(=O)([O-])OC. The van der Waals surface area contributed by atoms with Crippen LogP contribution in [0.1, 0.15) is 78.0 Å². The van der Waals surface area contributed by atoms with Gasteiger partial charge in [-0.2, -0.15) is 0 Å². The summed E-state index contributed by atoms with van der Waals surface area (Å²) in [6.45, 7) is 8.78. The van der Waals surface area contributed by atoms with Crippen LogP contribution >= 0.6 is 23.5 Å². The third kappa shape index (κ3) is 15.0. The summed E-state index contributed by atoms with van der Waals surface area (Å²) in [6.07, 6.45) is 0.160. The molecule has 2 aliphatic heterocycles. The smallest absolute Gasteiger partial charge is 0.330 e. The number of phosphoric ester groups is 3. The number of hydrogen-bond donors (Lipinski definition) is 1. The summed E-state index contributed by atoms with van der Waals surface area (Å²) >= 11 is 0. The van der Waals surface area contributed by atoms with Crippen LogP contribution in [0.25, 0.3) is 0 Å². The third-order valence-corrected chi connectivity index (χ3v) is 9.44. The number of ether oxygens (including phenoxy) is 2. The Bertz CT molecular complexity index is 1300. The summed E-state index contributed by atoms with van der Waals surface area (Å²) in [5.41, 5.74) is -1.36. The Hall–Kier alpha value is -1.07. The van der Waals surface area contributed by atoms with Crippen molar-refractivity contribution < 1.29 is 65.0 Å². The zero-order valence-electron chi connectivity index (χ0n) is 27.1. The molecule has 2 saturated heterocycles. The van der Waals surface area contributed by atoms with E-state index in [1.165, 1.54) is 38.8 Å². The van der Waals surface area contributed by atoms with Crippen molar-refractivity contribution in [2.75, 3.05) is 34.0 Å². The van der Waals surface area contributed by atoms with Gasteiger partial charge in [-0.15, -0.1) is 0 Å². The highest BCUT2D eigenvalue weighted by Gasteiger charge is 2.41. The zero-order valence-corrected chi connectivity index (χ0v) is 29.8.